The average molecular weight is 477 g/mol. The molecule has 5 rings (SSSR count). The number of nitrogens with two attached hydrogens (primary N) is 1. The highest BCUT2D eigenvalue weighted by Gasteiger charge is 2.27. The van der Waals surface area contributed by atoms with E-state index in [0.29, 0.717) is 17.1 Å². The van der Waals surface area contributed by atoms with Gasteiger partial charge in [0.05, 0.1) is 23.9 Å². The number of nitrogens with one attached hydrogen (secondary N) is 2. The fraction of sp³-hybridized carbons (Fsp3) is 0.304. The molecule has 3 aliphatic rings. The second-order valence-corrected chi connectivity index (χ2v) is 8.75. The van der Waals surface area contributed by atoms with E-state index >= 15 is 0 Å². The van der Waals surface area contributed by atoms with Crippen molar-refractivity contribution in [3.05, 3.63) is 81.0 Å². The van der Waals surface area contributed by atoms with Gasteiger partial charge in [-0.05, 0) is 36.4 Å². The molecule has 0 amide bonds. The Labute approximate surface area is 196 Å². The quantitative estimate of drug-likeness (QED) is 0.467. The first-order valence-electron chi connectivity index (χ1n) is 10.7. The summed E-state index contributed by atoms with van der Waals surface area (Å²) in [7, 11) is 0. The number of anilines is 1. The zero-order valence-electron chi connectivity index (χ0n) is 17.5. The summed E-state index contributed by atoms with van der Waals surface area (Å²) in [4.78, 5) is 4.50. The zero-order chi connectivity index (χ0) is 22.1. The summed E-state index contributed by atoms with van der Waals surface area (Å²) < 4.78 is 19.5. The van der Waals surface area contributed by atoms with Crippen molar-refractivity contribution in [1.82, 2.24) is 15.6 Å². The number of ether oxygens (including phenoxy) is 1. The molecule has 0 aliphatic carbocycles. The van der Waals surface area contributed by atoms with Crippen LogP contribution in [-0.4, -0.2) is 44.3 Å². The monoisotopic (exact) mass is 476 g/mol. The van der Waals surface area contributed by atoms with E-state index in [2.05, 4.69) is 50.9 Å². The maximum atomic E-state index is 14.0. The van der Waals surface area contributed by atoms with Crippen LogP contribution in [0.4, 0.5) is 10.1 Å². The number of hydrogen-bond acceptors (Lipinski definition) is 5. The van der Waals surface area contributed by atoms with E-state index < -0.39 is 5.82 Å². The topological polar surface area (TPSA) is 56.4 Å². The number of halogens is 3. The maximum absolute atomic E-state index is 14.0. The molecule has 9 heteroatoms. The van der Waals surface area contributed by atoms with Gasteiger partial charge in [0.2, 0.25) is 0 Å². The molecule has 0 saturated carbocycles. The predicted molar refractivity (Wildman–Crippen MR) is 124 cm³/mol. The van der Waals surface area contributed by atoms with Crippen LogP contribution in [0.25, 0.3) is 5.70 Å². The summed E-state index contributed by atoms with van der Waals surface area (Å²) in [6.07, 6.45) is 2.14. The molecule has 1 fully saturated rings. The zero-order valence-corrected chi connectivity index (χ0v) is 19.0. The van der Waals surface area contributed by atoms with Crippen LogP contribution >= 0.6 is 23.2 Å². The van der Waals surface area contributed by atoms with E-state index in [9.17, 15) is 4.39 Å². The lowest BCUT2D eigenvalue weighted by atomic mass is 10.1. The summed E-state index contributed by atoms with van der Waals surface area (Å²) in [5, 5.41) is 3.94. The number of morpholine rings is 1. The molecule has 0 unspecified atom stereocenters. The average Bonchev–Trinajstić information content (AvgIpc) is 2.85. The number of quaternary nitrogens is 1. The molecule has 0 aromatic heterocycles. The van der Waals surface area contributed by atoms with E-state index in [1.54, 1.807) is 6.07 Å². The van der Waals surface area contributed by atoms with Crippen LogP contribution in [0.2, 0.25) is 10.0 Å². The highest BCUT2D eigenvalue weighted by molar-refractivity contribution is 6.36. The molecule has 3 aliphatic heterocycles. The molecular formula is C23H25Cl2FN5O+. The van der Waals surface area contributed by atoms with Crippen molar-refractivity contribution < 1.29 is 14.6 Å². The Hall–Kier alpha value is -2.45. The van der Waals surface area contributed by atoms with Gasteiger partial charge >= 0.3 is 0 Å². The smallest absolute Gasteiger partial charge is 0.172 e. The molecule has 2 aromatic carbocycles. The van der Waals surface area contributed by atoms with Crippen molar-refractivity contribution in [3.63, 3.8) is 0 Å². The van der Waals surface area contributed by atoms with Gasteiger partial charge in [0.25, 0.3) is 0 Å². The van der Waals surface area contributed by atoms with Gasteiger partial charge in [-0.15, -0.1) is 0 Å². The molecule has 3 heterocycles. The van der Waals surface area contributed by atoms with E-state index in [0.717, 1.165) is 62.2 Å². The molecule has 2 aromatic rings. The fourth-order valence-corrected chi connectivity index (χ4v) is 4.72. The Morgan fingerprint density at radius 3 is 2.59 bits per heavy atom. The normalized spacial score (nSPS) is 18.7. The second kappa shape index (κ2) is 9.19. The fourth-order valence-electron chi connectivity index (χ4n) is 4.23. The number of allylic oxidation sites excluding steroid dienone is 1. The number of nitrogens with zero attached hydrogens (tertiary/aromatic N) is 2. The van der Waals surface area contributed by atoms with Crippen molar-refractivity contribution in [2.24, 2.45) is 0 Å². The molecule has 6 nitrogen and oxygen atoms in total. The van der Waals surface area contributed by atoms with Gasteiger partial charge in [0.15, 0.2) is 11.5 Å². The van der Waals surface area contributed by atoms with Gasteiger partial charge in [-0.25, -0.2) is 15.2 Å². The van der Waals surface area contributed by atoms with E-state index in [-0.39, 0.29) is 5.02 Å². The highest BCUT2D eigenvalue weighted by atomic mass is 35.5. The Morgan fingerprint density at radius 1 is 1.03 bits per heavy atom. The van der Waals surface area contributed by atoms with E-state index in [4.69, 9.17) is 27.9 Å². The molecule has 168 valence electrons. The van der Waals surface area contributed by atoms with Crippen LogP contribution in [0.3, 0.4) is 0 Å². The largest absolute Gasteiger partial charge is 0.378 e. The Balaban J connectivity index is 1.39. The summed E-state index contributed by atoms with van der Waals surface area (Å²) in [6.45, 7) is 5.31. The molecule has 0 bridgehead atoms. The summed E-state index contributed by atoms with van der Waals surface area (Å²) in [5.41, 5.74) is 10.4. The number of benzene rings is 2. The first kappa shape index (κ1) is 21.4. The summed E-state index contributed by atoms with van der Waals surface area (Å²) in [5.74, 6) is 0.468. The van der Waals surface area contributed by atoms with Crippen molar-refractivity contribution >= 4 is 34.6 Å². The van der Waals surface area contributed by atoms with Crippen LogP contribution in [0.1, 0.15) is 11.1 Å². The minimum atomic E-state index is -0.456. The third kappa shape index (κ3) is 4.26. The first-order valence-corrected chi connectivity index (χ1v) is 11.5. The van der Waals surface area contributed by atoms with Crippen LogP contribution < -0.4 is 21.1 Å². The van der Waals surface area contributed by atoms with Crippen LogP contribution in [0.5, 0.6) is 0 Å². The highest BCUT2D eigenvalue weighted by Crippen LogP contribution is 2.31. The van der Waals surface area contributed by atoms with Crippen LogP contribution in [0.15, 0.2) is 54.0 Å². The lowest BCUT2D eigenvalue weighted by Crippen LogP contribution is -2.92. The first-order chi connectivity index (χ1) is 15.6. The maximum Gasteiger partial charge on any atom is 0.172 e. The van der Waals surface area contributed by atoms with Crippen LogP contribution in [-0.2, 0) is 11.3 Å². The van der Waals surface area contributed by atoms with Gasteiger partial charge in [0.1, 0.15) is 5.82 Å². The lowest BCUT2D eigenvalue weighted by molar-refractivity contribution is -0.620. The van der Waals surface area contributed by atoms with E-state index in [1.807, 2.05) is 5.43 Å². The standard InChI is InChI=1S/C23H24Cl2FN5O/c24-18-5-6-19(26)22(25)17(18)14-31-8-7-27-23-21(31)13-20(28-29-23)15-1-3-16(4-2-15)30-9-11-32-12-10-30/h1-6,13,27-29H,7-12,14H2/p+1. The van der Waals surface area contributed by atoms with Gasteiger partial charge < -0.3 is 19.9 Å². The third-order valence-corrected chi connectivity index (χ3v) is 6.77. The molecule has 32 heavy (non-hydrogen) atoms. The molecular weight excluding hydrogens is 452 g/mol. The van der Waals surface area contributed by atoms with Crippen molar-refractivity contribution in [2.45, 2.75) is 6.54 Å². The second-order valence-electron chi connectivity index (χ2n) is 7.96. The summed E-state index contributed by atoms with van der Waals surface area (Å²) >= 11 is 12.6. The molecule has 0 atom stereocenters. The van der Waals surface area contributed by atoms with Crippen molar-refractivity contribution in [2.75, 3.05) is 44.3 Å². The van der Waals surface area contributed by atoms with Crippen LogP contribution in [0, 0.1) is 5.82 Å². The van der Waals surface area contributed by atoms with Crippen molar-refractivity contribution in [3.8, 4) is 0 Å². The van der Waals surface area contributed by atoms with Gasteiger partial charge in [-0.3, -0.25) is 0 Å². The van der Waals surface area contributed by atoms with Gasteiger partial charge in [0, 0.05) is 60.6 Å². The molecule has 0 spiro atoms. The number of rotatable bonds is 4. The lowest BCUT2D eigenvalue weighted by Gasteiger charge is -2.35. The summed E-state index contributed by atoms with van der Waals surface area (Å²) in [6, 6.07) is 11.4. The molecule has 1 saturated heterocycles. The van der Waals surface area contributed by atoms with Gasteiger partial charge in [-0.2, -0.15) is 0 Å². The minimum absolute atomic E-state index is 0.0800. The Morgan fingerprint density at radius 2 is 1.81 bits per heavy atom. The van der Waals surface area contributed by atoms with Crippen molar-refractivity contribution in [1.29, 1.82) is 0 Å². The number of hydrogen-bond donors (Lipinski definition) is 3. The third-order valence-electron chi connectivity index (χ3n) is 6.01. The molecule has 0 radical (unpaired) electrons. The minimum Gasteiger partial charge on any atom is -0.378 e. The molecule has 4 N–H and O–H groups in total. The van der Waals surface area contributed by atoms with Gasteiger partial charge in [-0.1, -0.05) is 23.2 Å². The van der Waals surface area contributed by atoms with E-state index in [1.165, 1.54) is 11.8 Å². The predicted octanol–water partition coefficient (Wildman–Crippen LogP) is 2.67. The SMILES string of the molecule is Fc1ccc(Cl)c(CN2CCNC3=C2C=C(c2ccc(N4CCOCC4)cc2)[NH2+]N3)c1Cl. The Kier molecular flexibility index (Phi) is 6.15. The Bertz CT molecular complexity index is 1070.